The van der Waals surface area contributed by atoms with Crippen molar-refractivity contribution in [2.24, 2.45) is 11.7 Å². The predicted molar refractivity (Wildman–Crippen MR) is 99.1 cm³/mol. The number of esters is 1. The highest BCUT2D eigenvalue weighted by atomic mass is 16.5. The third kappa shape index (κ3) is 7.65. The number of benzene rings is 1. The molecule has 1 aromatic carbocycles. The van der Waals surface area contributed by atoms with Crippen molar-refractivity contribution in [3.8, 4) is 0 Å². The topological polar surface area (TPSA) is 111 Å². The Morgan fingerprint density at radius 2 is 1.73 bits per heavy atom. The average Bonchev–Trinajstić information content (AvgIpc) is 2.61. The fourth-order valence-electron chi connectivity index (χ4n) is 2.51. The molecule has 1 aromatic rings. The lowest BCUT2D eigenvalue weighted by molar-refractivity contribution is -0.147. The average molecular weight is 363 g/mol. The van der Waals surface area contributed by atoms with Crippen molar-refractivity contribution >= 4 is 17.8 Å². The molecule has 26 heavy (non-hydrogen) atoms. The summed E-state index contributed by atoms with van der Waals surface area (Å²) in [6.07, 6.45) is 0.753. The Bertz CT molecular complexity index is 590. The Morgan fingerprint density at radius 3 is 2.27 bits per heavy atom. The summed E-state index contributed by atoms with van der Waals surface area (Å²) < 4.78 is 5.08. The van der Waals surface area contributed by atoms with Crippen LogP contribution < -0.4 is 16.4 Å². The van der Waals surface area contributed by atoms with Crippen LogP contribution in [0, 0.1) is 5.92 Å². The van der Waals surface area contributed by atoms with Crippen molar-refractivity contribution in [3.63, 3.8) is 0 Å². The first-order chi connectivity index (χ1) is 12.4. The molecule has 0 aromatic heterocycles. The minimum Gasteiger partial charge on any atom is -0.464 e. The van der Waals surface area contributed by atoms with Gasteiger partial charge in [-0.05, 0) is 24.8 Å². The molecule has 2 unspecified atom stereocenters. The molecule has 2 amide bonds. The van der Waals surface area contributed by atoms with E-state index in [1.54, 1.807) is 6.92 Å². The van der Waals surface area contributed by atoms with Gasteiger partial charge in [0.15, 0.2) is 0 Å². The highest BCUT2D eigenvalue weighted by molar-refractivity contribution is 5.91. The second-order valence-electron chi connectivity index (χ2n) is 6.46. The Labute approximate surface area is 154 Å². The molecule has 7 nitrogen and oxygen atoms in total. The van der Waals surface area contributed by atoms with Crippen molar-refractivity contribution in [3.05, 3.63) is 35.9 Å². The SMILES string of the molecule is CCOC(=O)C(Cc1ccccc1)NC(=O)C(CC(C)C)NC(=O)CN. The largest absolute Gasteiger partial charge is 0.464 e. The molecule has 0 aliphatic heterocycles. The molecule has 2 atom stereocenters. The summed E-state index contributed by atoms with van der Waals surface area (Å²) in [6, 6.07) is 7.78. The summed E-state index contributed by atoms with van der Waals surface area (Å²) >= 11 is 0. The van der Waals surface area contributed by atoms with Crippen LogP contribution in [0.4, 0.5) is 0 Å². The summed E-state index contributed by atoms with van der Waals surface area (Å²) in [6.45, 7) is 5.62. The van der Waals surface area contributed by atoms with E-state index in [1.165, 1.54) is 0 Å². The Kier molecular flexibility index (Phi) is 9.36. The maximum absolute atomic E-state index is 12.7. The summed E-state index contributed by atoms with van der Waals surface area (Å²) in [5.74, 6) is -1.16. The Morgan fingerprint density at radius 1 is 1.08 bits per heavy atom. The minimum absolute atomic E-state index is 0.180. The van der Waals surface area contributed by atoms with Crippen molar-refractivity contribution < 1.29 is 19.1 Å². The molecule has 0 bridgehead atoms. The van der Waals surface area contributed by atoms with Gasteiger partial charge in [-0.2, -0.15) is 0 Å². The van der Waals surface area contributed by atoms with Crippen LogP contribution in [0.15, 0.2) is 30.3 Å². The van der Waals surface area contributed by atoms with Gasteiger partial charge < -0.3 is 21.1 Å². The number of carbonyl (C=O) groups is 3. The summed E-state index contributed by atoms with van der Waals surface area (Å²) in [4.78, 5) is 36.5. The van der Waals surface area contributed by atoms with Crippen LogP contribution in [0.3, 0.4) is 0 Å². The molecular formula is C19H29N3O4. The van der Waals surface area contributed by atoms with E-state index in [9.17, 15) is 14.4 Å². The van der Waals surface area contributed by atoms with Gasteiger partial charge in [-0.15, -0.1) is 0 Å². The number of carbonyl (C=O) groups excluding carboxylic acids is 3. The highest BCUT2D eigenvalue weighted by Gasteiger charge is 2.28. The zero-order chi connectivity index (χ0) is 19.5. The lowest BCUT2D eigenvalue weighted by atomic mass is 10.0. The van der Waals surface area contributed by atoms with Gasteiger partial charge in [0.05, 0.1) is 13.2 Å². The number of hydrogen-bond donors (Lipinski definition) is 3. The van der Waals surface area contributed by atoms with Crippen LogP contribution in [0.2, 0.25) is 0 Å². The summed E-state index contributed by atoms with van der Waals surface area (Å²) in [5.41, 5.74) is 6.22. The van der Waals surface area contributed by atoms with Gasteiger partial charge in [-0.1, -0.05) is 44.2 Å². The van der Waals surface area contributed by atoms with Crippen molar-refractivity contribution in [2.45, 2.75) is 45.7 Å². The van der Waals surface area contributed by atoms with E-state index in [0.717, 1.165) is 5.56 Å². The Hall–Kier alpha value is -2.41. The monoisotopic (exact) mass is 363 g/mol. The molecule has 0 heterocycles. The molecule has 0 radical (unpaired) electrons. The fraction of sp³-hybridized carbons (Fsp3) is 0.526. The second-order valence-corrected chi connectivity index (χ2v) is 6.46. The lowest BCUT2D eigenvalue weighted by Crippen LogP contribution is -2.53. The Balaban J connectivity index is 2.89. The third-order valence-corrected chi connectivity index (χ3v) is 3.71. The third-order valence-electron chi connectivity index (χ3n) is 3.71. The van der Waals surface area contributed by atoms with E-state index in [2.05, 4.69) is 10.6 Å². The van der Waals surface area contributed by atoms with E-state index in [0.29, 0.717) is 12.8 Å². The first-order valence-electron chi connectivity index (χ1n) is 8.87. The standard InChI is InChI=1S/C19H29N3O4/c1-4-26-19(25)16(11-14-8-6-5-7-9-14)22-18(24)15(10-13(2)3)21-17(23)12-20/h5-9,13,15-16H,4,10-12,20H2,1-3H3,(H,21,23)(H,22,24). The smallest absolute Gasteiger partial charge is 0.328 e. The maximum atomic E-state index is 12.7. The van der Waals surface area contributed by atoms with Crippen LogP contribution in [-0.4, -0.2) is 43.0 Å². The van der Waals surface area contributed by atoms with Gasteiger partial charge in [0.2, 0.25) is 11.8 Å². The first kappa shape index (κ1) is 21.6. The van der Waals surface area contributed by atoms with Crippen LogP contribution >= 0.6 is 0 Å². The number of nitrogens with one attached hydrogen (secondary N) is 2. The molecule has 0 aliphatic rings. The highest BCUT2D eigenvalue weighted by Crippen LogP contribution is 2.08. The minimum atomic E-state index is -0.825. The molecule has 4 N–H and O–H groups in total. The first-order valence-corrected chi connectivity index (χ1v) is 8.87. The lowest BCUT2D eigenvalue weighted by Gasteiger charge is -2.23. The normalized spacial score (nSPS) is 13.0. The second kappa shape index (κ2) is 11.3. The van der Waals surface area contributed by atoms with Crippen LogP contribution in [0.1, 0.15) is 32.8 Å². The maximum Gasteiger partial charge on any atom is 0.328 e. The number of rotatable bonds is 10. The molecule has 0 fully saturated rings. The molecular weight excluding hydrogens is 334 g/mol. The van der Waals surface area contributed by atoms with Gasteiger partial charge in [-0.3, -0.25) is 9.59 Å². The molecule has 1 rings (SSSR count). The predicted octanol–water partition coefficient (Wildman–Crippen LogP) is 0.767. The van der Waals surface area contributed by atoms with Crippen molar-refractivity contribution in [2.75, 3.05) is 13.2 Å². The quantitative estimate of drug-likeness (QED) is 0.532. The number of amides is 2. The molecule has 0 spiro atoms. The molecule has 0 aliphatic carbocycles. The van der Waals surface area contributed by atoms with Crippen molar-refractivity contribution in [1.82, 2.24) is 10.6 Å². The summed E-state index contributed by atoms with van der Waals surface area (Å²) in [7, 11) is 0. The zero-order valence-electron chi connectivity index (χ0n) is 15.7. The van der Waals surface area contributed by atoms with Gasteiger partial charge >= 0.3 is 5.97 Å². The van der Waals surface area contributed by atoms with Gasteiger partial charge in [-0.25, -0.2) is 4.79 Å². The van der Waals surface area contributed by atoms with E-state index in [1.807, 2.05) is 44.2 Å². The van der Waals surface area contributed by atoms with E-state index in [4.69, 9.17) is 10.5 Å². The molecule has 0 saturated carbocycles. The summed E-state index contributed by atoms with van der Waals surface area (Å²) in [5, 5.41) is 5.33. The van der Waals surface area contributed by atoms with Crippen LogP contribution in [0.5, 0.6) is 0 Å². The van der Waals surface area contributed by atoms with Gasteiger partial charge in [0.1, 0.15) is 12.1 Å². The number of nitrogens with two attached hydrogens (primary N) is 1. The van der Waals surface area contributed by atoms with Crippen LogP contribution in [0.25, 0.3) is 0 Å². The van der Waals surface area contributed by atoms with Gasteiger partial charge in [0.25, 0.3) is 0 Å². The molecule has 0 saturated heterocycles. The fourth-order valence-corrected chi connectivity index (χ4v) is 2.51. The number of hydrogen-bond acceptors (Lipinski definition) is 5. The van der Waals surface area contributed by atoms with Crippen molar-refractivity contribution in [1.29, 1.82) is 0 Å². The number of ether oxygens (including phenoxy) is 1. The molecule has 7 heteroatoms. The van der Waals surface area contributed by atoms with E-state index >= 15 is 0 Å². The molecule has 144 valence electrons. The van der Waals surface area contributed by atoms with E-state index < -0.39 is 29.9 Å². The van der Waals surface area contributed by atoms with E-state index in [-0.39, 0.29) is 19.1 Å². The van der Waals surface area contributed by atoms with Crippen LogP contribution in [-0.2, 0) is 25.5 Å². The van der Waals surface area contributed by atoms with Gasteiger partial charge in [0, 0.05) is 6.42 Å². The zero-order valence-corrected chi connectivity index (χ0v) is 15.7.